The largest absolute Gasteiger partial charge is 0.323 e. The fraction of sp³-hybridized carbons (Fsp3) is 0.0625. The first-order valence-corrected chi connectivity index (χ1v) is 6.76. The van der Waals surface area contributed by atoms with Crippen molar-refractivity contribution in [3.8, 4) is 0 Å². The van der Waals surface area contributed by atoms with E-state index in [9.17, 15) is 9.59 Å². The molecular formula is C16H11ClN2O2. The lowest BCUT2D eigenvalue weighted by Gasteiger charge is -2.10. The van der Waals surface area contributed by atoms with Gasteiger partial charge in [-0.15, -0.1) is 0 Å². The van der Waals surface area contributed by atoms with Gasteiger partial charge in [-0.05, 0) is 23.8 Å². The third kappa shape index (κ3) is 2.58. The highest BCUT2D eigenvalue weighted by molar-refractivity contribution is 6.31. The molecule has 4 nitrogen and oxygen atoms in total. The van der Waals surface area contributed by atoms with Crippen LogP contribution in [0.2, 0.25) is 5.02 Å². The lowest BCUT2D eigenvalue weighted by Crippen LogP contribution is -2.30. The standard InChI is InChI=1S/C16H11ClN2O2/c17-11-6-7-13-14(8-11)19-16(21)12(9-20)15(18-13)10-4-2-1-3-5-10/h1-9,12H,(H,19,21). The number of nitrogens with one attached hydrogen (secondary N) is 1. The Kier molecular flexibility index (Phi) is 3.54. The maximum Gasteiger partial charge on any atom is 0.240 e. The third-order valence-corrected chi connectivity index (χ3v) is 3.48. The minimum absolute atomic E-state index is 0.409. The van der Waals surface area contributed by atoms with Crippen molar-refractivity contribution in [1.82, 2.24) is 0 Å². The summed E-state index contributed by atoms with van der Waals surface area (Å²) in [5, 5.41) is 3.19. The minimum Gasteiger partial charge on any atom is -0.323 e. The number of halogens is 1. The normalized spacial score (nSPS) is 17.3. The van der Waals surface area contributed by atoms with E-state index in [1.54, 1.807) is 18.2 Å². The molecule has 1 unspecified atom stereocenters. The number of hydrogen-bond donors (Lipinski definition) is 1. The summed E-state index contributed by atoms with van der Waals surface area (Å²) in [5.74, 6) is -1.35. The van der Waals surface area contributed by atoms with Gasteiger partial charge in [0.1, 0.15) is 12.2 Å². The molecule has 1 heterocycles. The number of amides is 1. The van der Waals surface area contributed by atoms with Crippen LogP contribution in [0.3, 0.4) is 0 Å². The molecule has 1 N–H and O–H groups in total. The second-order valence-electron chi connectivity index (χ2n) is 4.63. The van der Waals surface area contributed by atoms with Crippen molar-refractivity contribution in [3.63, 3.8) is 0 Å². The fourth-order valence-corrected chi connectivity index (χ4v) is 2.39. The molecule has 0 fully saturated rings. The molecule has 1 aliphatic heterocycles. The number of rotatable bonds is 2. The van der Waals surface area contributed by atoms with Crippen molar-refractivity contribution in [2.24, 2.45) is 10.9 Å². The number of aldehydes is 1. The molecule has 1 aliphatic rings. The summed E-state index contributed by atoms with van der Waals surface area (Å²) in [6.45, 7) is 0. The SMILES string of the molecule is O=CC1C(=O)Nc2cc(Cl)ccc2N=C1c1ccccc1. The number of anilines is 1. The van der Waals surface area contributed by atoms with Gasteiger partial charge in [0.15, 0.2) is 0 Å². The zero-order chi connectivity index (χ0) is 14.8. The second kappa shape index (κ2) is 5.50. The molecule has 1 amide bonds. The Morgan fingerprint density at radius 3 is 2.62 bits per heavy atom. The van der Waals surface area contributed by atoms with Crippen LogP contribution in [0.15, 0.2) is 53.5 Å². The summed E-state index contributed by atoms with van der Waals surface area (Å²) in [7, 11) is 0. The van der Waals surface area contributed by atoms with E-state index in [-0.39, 0.29) is 0 Å². The first kappa shape index (κ1) is 13.5. The Labute approximate surface area is 126 Å². The van der Waals surface area contributed by atoms with Crippen LogP contribution in [0, 0.1) is 5.92 Å². The van der Waals surface area contributed by atoms with Crippen molar-refractivity contribution in [2.45, 2.75) is 0 Å². The predicted molar refractivity (Wildman–Crippen MR) is 82.3 cm³/mol. The lowest BCUT2D eigenvalue weighted by atomic mass is 9.97. The van der Waals surface area contributed by atoms with Gasteiger partial charge in [-0.25, -0.2) is 4.99 Å². The molecule has 0 saturated heterocycles. The summed E-state index contributed by atoms with van der Waals surface area (Å²) in [6, 6.07) is 14.2. The van der Waals surface area contributed by atoms with E-state index in [0.717, 1.165) is 5.56 Å². The Balaban J connectivity index is 2.20. The second-order valence-corrected chi connectivity index (χ2v) is 5.06. The molecule has 104 valence electrons. The predicted octanol–water partition coefficient (Wildman–Crippen LogP) is 3.23. The summed E-state index contributed by atoms with van der Waals surface area (Å²) in [5.41, 5.74) is 2.26. The van der Waals surface area contributed by atoms with E-state index in [1.165, 1.54) is 0 Å². The molecule has 5 heteroatoms. The van der Waals surface area contributed by atoms with Gasteiger partial charge in [0, 0.05) is 5.02 Å². The molecule has 0 radical (unpaired) electrons. The molecule has 0 spiro atoms. The molecule has 1 atom stereocenters. The van der Waals surface area contributed by atoms with E-state index in [1.807, 2.05) is 30.3 Å². The molecule has 0 saturated carbocycles. The molecule has 0 aromatic heterocycles. The number of nitrogens with zero attached hydrogens (tertiary/aromatic N) is 1. The average Bonchev–Trinajstić information content (AvgIpc) is 2.63. The minimum atomic E-state index is -0.946. The molecule has 0 aliphatic carbocycles. The molecule has 2 aromatic rings. The number of benzene rings is 2. The van der Waals surface area contributed by atoms with Crippen LogP contribution in [-0.2, 0) is 9.59 Å². The fourth-order valence-electron chi connectivity index (χ4n) is 2.22. The zero-order valence-electron chi connectivity index (χ0n) is 10.9. The smallest absolute Gasteiger partial charge is 0.240 e. The number of fused-ring (bicyclic) bond motifs is 1. The van der Waals surface area contributed by atoms with Gasteiger partial charge in [-0.3, -0.25) is 4.79 Å². The maximum atomic E-state index is 12.2. The van der Waals surface area contributed by atoms with Crippen molar-refractivity contribution in [1.29, 1.82) is 0 Å². The van der Waals surface area contributed by atoms with Crippen LogP contribution >= 0.6 is 11.6 Å². The van der Waals surface area contributed by atoms with E-state index < -0.39 is 11.8 Å². The van der Waals surface area contributed by atoms with Crippen molar-refractivity contribution < 1.29 is 9.59 Å². The van der Waals surface area contributed by atoms with Crippen LogP contribution in [0.1, 0.15) is 5.56 Å². The van der Waals surface area contributed by atoms with Gasteiger partial charge in [0.2, 0.25) is 5.91 Å². The highest BCUT2D eigenvalue weighted by atomic mass is 35.5. The molecule has 3 rings (SSSR count). The Bertz CT molecular complexity index is 741. The maximum absolute atomic E-state index is 12.2. The third-order valence-electron chi connectivity index (χ3n) is 3.24. The highest BCUT2D eigenvalue weighted by Crippen LogP contribution is 2.32. The van der Waals surface area contributed by atoms with E-state index >= 15 is 0 Å². The highest BCUT2D eigenvalue weighted by Gasteiger charge is 2.28. The van der Waals surface area contributed by atoms with Gasteiger partial charge in [0.25, 0.3) is 0 Å². The van der Waals surface area contributed by atoms with Gasteiger partial charge in [0.05, 0.1) is 17.1 Å². The van der Waals surface area contributed by atoms with Crippen molar-refractivity contribution in [3.05, 3.63) is 59.1 Å². The Morgan fingerprint density at radius 1 is 1.14 bits per heavy atom. The summed E-state index contributed by atoms with van der Waals surface area (Å²) in [4.78, 5) is 28.1. The number of aliphatic imine (C=N–C) groups is 1. The van der Waals surface area contributed by atoms with Crippen LogP contribution in [0.4, 0.5) is 11.4 Å². The van der Waals surface area contributed by atoms with Gasteiger partial charge >= 0.3 is 0 Å². The van der Waals surface area contributed by atoms with Gasteiger partial charge in [-0.1, -0.05) is 41.9 Å². The van der Waals surface area contributed by atoms with E-state index in [4.69, 9.17) is 11.6 Å². The lowest BCUT2D eigenvalue weighted by molar-refractivity contribution is -0.122. The number of hydrogen-bond acceptors (Lipinski definition) is 3. The van der Waals surface area contributed by atoms with Crippen LogP contribution in [0.5, 0.6) is 0 Å². The van der Waals surface area contributed by atoms with Crippen LogP contribution in [-0.4, -0.2) is 17.9 Å². The topological polar surface area (TPSA) is 58.5 Å². The molecular weight excluding hydrogens is 288 g/mol. The summed E-state index contributed by atoms with van der Waals surface area (Å²) in [6.07, 6.45) is 0.606. The number of carbonyl (C=O) groups excluding carboxylic acids is 2. The Hall–Kier alpha value is -2.46. The molecule has 2 aromatic carbocycles. The number of carbonyl (C=O) groups is 2. The molecule has 0 bridgehead atoms. The average molecular weight is 299 g/mol. The quantitative estimate of drug-likeness (QED) is 0.683. The first-order valence-electron chi connectivity index (χ1n) is 6.39. The van der Waals surface area contributed by atoms with Crippen molar-refractivity contribution >= 4 is 40.9 Å². The van der Waals surface area contributed by atoms with E-state index in [2.05, 4.69) is 10.3 Å². The summed E-state index contributed by atoms with van der Waals surface area (Å²) >= 11 is 5.93. The summed E-state index contributed by atoms with van der Waals surface area (Å²) < 4.78 is 0. The van der Waals surface area contributed by atoms with Gasteiger partial charge in [-0.2, -0.15) is 0 Å². The van der Waals surface area contributed by atoms with Crippen molar-refractivity contribution in [2.75, 3.05) is 5.32 Å². The van der Waals surface area contributed by atoms with E-state index in [0.29, 0.717) is 28.4 Å². The van der Waals surface area contributed by atoms with Gasteiger partial charge < -0.3 is 10.1 Å². The zero-order valence-corrected chi connectivity index (χ0v) is 11.7. The monoisotopic (exact) mass is 298 g/mol. The van der Waals surface area contributed by atoms with Crippen LogP contribution < -0.4 is 5.32 Å². The van der Waals surface area contributed by atoms with Crippen LogP contribution in [0.25, 0.3) is 0 Å². The first-order chi connectivity index (χ1) is 10.2. The molecule has 21 heavy (non-hydrogen) atoms. The Morgan fingerprint density at radius 2 is 1.90 bits per heavy atom.